The summed E-state index contributed by atoms with van der Waals surface area (Å²) in [6.07, 6.45) is 4.69. The van der Waals surface area contributed by atoms with Crippen LogP contribution in [0.3, 0.4) is 0 Å². The average Bonchev–Trinajstić information content (AvgIpc) is 2.46. The summed E-state index contributed by atoms with van der Waals surface area (Å²) in [6, 6.07) is 6.90. The highest BCUT2D eigenvalue weighted by Crippen LogP contribution is 2.32. The monoisotopic (exact) mass is 256 g/mol. The van der Waals surface area contributed by atoms with Crippen molar-refractivity contribution in [2.24, 2.45) is 0 Å². The van der Waals surface area contributed by atoms with E-state index in [-0.39, 0.29) is 17.6 Å². The van der Waals surface area contributed by atoms with E-state index in [1.807, 2.05) is 12.1 Å². The van der Waals surface area contributed by atoms with Crippen molar-refractivity contribution < 1.29 is 9.18 Å². The summed E-state index contributed by atoms with van der Waals surface area (Å²) in [4.78, 5) is 18.8. The van der Waals surface area contributed by atoms with E-state index in [0.717, 1.165) is 36.1 Å². The molecule has 3 rings (SSSR count). The quantitative estimate of drug-likeness (QED) is 0.776. The van der Waals surface area contributed by atoms with E-state index in [0.29, 0.717) is 6.29 Å². The third-order valence-corrected chi connectivity index (χ3v) is 3.62. The lowest BCUT2D eigenvalue weighted by Crippen LogP contribution is -2.16. The van der Waals surface area contributed by atoms with E-state index in [1.54, 1.807) is 12.3 Å². The minimum atomic E-state index is -0.151. The minimum Gasteiger partial charge on any atom is -0.294 e. The van der Waals surface area contributed by atoms with Gasteiger partial charge in [0.2, 0.25) is 0 Å². The second-order valence-electron chi connectivity index (χ2n) is 4.78. The van der Waals surface area contributed by atoms with Gasteiger partial charge in [-0.2, -0.15) is 0 Å². The standard InChI is InChI=1S/C15H13FN2O/c16-13-4-2-1-3-12(13)10-5-6-14-11(7-10)8-17-15(9-19)18-14/h1-4,8-10H,5-7H2/t10-/m0/s1. The number of aldehydes is 1. The SMILES string of the molecule is O=Cc1ncc2c(n1)CC[C@H](c1ccccc1F)C2. The average molecular weight is 256 g/mol. The lowest BCUT2D eigenvalue weighted by Gasteiger charge is -2.24. The van der Waals surface area contributed by atoms with Crippen molar-refractivity contribution in [1.82, 2.24) is 9.97 Å². The first kappa shape index (κ1) is 12.0. The first-order chi connectivity index (χ1) is 9.28. The van der Waals surface area contributed by atoms with Crippen molar-refractivity contribution in [1.29, 1.82) is 0 Å². The zero-order chi connectivity index (χ0) is 13.2. The Morgan fingerprint density at radius 3 is 2.95 bits per heavy atom. The van der Waals surface area contributed by atoms with Gasteiger partial charge in [-0.25, -0.2) is 14.4 Å². The Balaban J connectivity index is 1.90. The van der Waals surface area contributed by atoms with Gasteiger partial charge in [-0.05, 0) is 42.4 Å². The van der Waals surface area contributed by atoms with Crippen LogP contribution in [-0.4, -0.2) is 16.3 Å². The zero-order valence-electron chi connectivity index (χ0n) is 10.3. The normalized spacial score (nSPS) is 17.8. The van der Waals surface area contributed by atoms with Gasteiger partial charge < -0.3 is 0 Å². The van der Waals surface area contributed by atoms with Crippen molar-refractivity contribution in [2.75, 3.05) is 0 Å². The van der Waals surface area contributed by atoms with Crippen LogP contribution in [0.4, 0.5) is 4.39 Å². The predicted octanol–water partition coefficient (Wildman–Crippen LogP) is 2.70. The highest BCUT2D eigenvalue weighted by atomic mass is 19.1. The maximum Gasteiger partial charge on any atom is 0.192 e. The summed E-state index contributed by atoms with van der Waals surface area (Å²) in [5.74, 6) is 0.240. The minimum absolute atomic E-state index is 0.151. The van der Waals surface area contributed by atoms with Crippen LogP contribution in [-0.2, 0) is 12.8 Å². The van der Waals surface area contributed by atoms with Crippen LogP contribution in [0.25, 0.3) is 0 Å². The fourth-order valence-corrected chi connectivity index (χ4v) is 2.65. The molecule has 3 nitrogen and oxygen atoms in total. The number of hydrogen-bond donors (Lipinski definition) is 0. The number of benzene rings is 1. The van der Waals surface area contributed by atoms with Crippen molar-refractivity contribution in [3.8, 4) is 0 Å². The van der Waals surface area contributed by atoms with Crippen LogP contribution in [0.5, 0.6) is 0 Å². The Morgan fingerprint density at radius 2 is 2.16 bits per heavy atom. The maximum absolute atomic E-state index is 13.8. The van der Waals surface area contributed by atoms with Gasteiger partial charge in [-0.3, -0.25) is 4.79 Å². The molecule has 1 aromatic carbocycles. The first-order valence-electron chi connectivity index (χ1n) is 6.32. The van der Waals surface area contributed by atoms with E-state index in [9.17, 15) is 9.18 Å². The maximum atomic E-state index is 13.8. The molecule has 0 unspecified atom stereocenters. The van der Waals surface area contributed by atoms with E-state index in [2.05, 4.69) is 9.97 Å². The predicted molar refractivity (Wildman–Crippen MR) is 68.6 cm³/mol. The van der Waals surface area contributed by atoms with E-state index >= 15 is 0 Å². The Hall–Kier alpha value is -2.10. The number of hydrogen-bond acceptors (Lipinski definition) is 3. The number of halogens is 1. The van der Waals surface area contributed by atoms with Crippen LogP contribution in [0.15, 0.2) is 30.5 Å². The zero-order valence-corrected chi connectivity index (χ0v) is 10.3. The molecule has 1 heterocycles. The van der Waals surface area contributed by atoms with E-state index in [1.165, 1.54) is 6.07 Å². The molecule has 0 amide bonds. The third kappa shape index (κ3) is 2.26. The number of fused-ring (bicyclic) bond motifs is 1. The van der Waals surface area contributed by atoms with Gasteiger partial charge >= 0.3 is 0 Å². The molecule has 1 aliphatic carbocycles. The Kier molecular flexibility index (Phi) is 3.07. The molecular weight excluding hydrogens is 243 g/mol. The van der Waals surface area contributed by atoms with E-state index in [4.69, 9.17) is 0 Å². The van der Waals surface area contributed by atoms with Gasteiger partial charge in [-0.15, -0.1) is 0 Å². The highest BCUT2D eigenvalue weighted by molar-refractivity contribution is 5.68. The van der Waals surface area contributed by atoms with Crippen LogP contribution in [0, 0.1) is 5.82 Å². The molecule has 1 aliphatic rings. The van der Waals surface area contributed by atoms with Crippen molar-refractivity contribution >= 4 is 6.29 Å². The molecule has 0 saturated heterocycles. The molecule has 0 spiro atoms. The molecule has 96 valence electrons. The summed E-state index contributed by atoms with van der Waals surface area (Å²) >= 11 is 0. The second-order valence-corrected chi connectivity index (χ2v) is 4.78. The number of carbonyl (C=O) groups excluding carboxylic acids is 1. The summed E-state index contributed by atoms with van der Waals surface area (Å²) < 4.78 is 13.8. The molecule has 2 aromatic rings. The number of carbonyl (C=O) groups is 1. The van der Waals surface area contributed by atoms with Crippen LogP contribution >= 0.6 is 0 Å². The van der Waals surface area contributed by atoms with Gasteiger partial charge in [0.15, 0.2) is 12.1 Å². The molecule has 19 heavy (non-hydrogen) atoms. The fourth-order valence-electron chi connectivity index (χ4n) is 2.65. The number of aromatic nitrogens is 2. The first-order valence-corrected chi connectivity index (χ1v) is 6.32. The van der Waals surface area contributed by atoms with Crippen molar-refractivity contribution in [3.63, 3.8) is 0 Å². The highest BCUT2D eigenvalue weighted by Gasteiger charge is 2.23. The summed E-state index contributed by atoms with van der Waals surface area (Å²) in [6.45, 7) is 0. The Morgan fingerprint density at radius 1 is 1.32 bits per heavy atom. The molecule has 0 radical (unpaired) electrons. The lowest BCUT2D eigenvalue weighted by atomic mass is 9.82. The van der Waals surface area contributed by atoms with Gasteiger partial charge in [-0.1, -0.05) is 18.2 Å². The molecule has 0 saturated carbocycles. The van der Waals surface area contributed by atoms with Gasteiger partial charge in [0.05, 0.1) is 0 Å². The topological polar surface area (TPSA) is 42.9 Å². The van der Waals surface area contributed by atoms with E-state index < -0.39 is 0 Å². The smallest absolute Gasteiger partial charge is 0.192 e. The summed E-state index contributed by atoms with van der Waals surface area (Å²) in [7, 11) is 0. The molecule has 0 N–H and O–H groups in total. The van der Waals surface area contributed by atoms with Crippen LogP contribution in [0.2, 0.25) is 0 Å². The molecule has 4 heteroatoms. The Labute approximate surface area is 110 Å². The number of rotatable bonds is 2. The summed E-state index contributed by atoms with van der Waals surface area (Å²) in [5.41, 5.74) is 2.70. The fraction of sp³-hybridized carbons (Fsp3) is 0.267. The molecule has 0 bridgehead atoms. The molecule has 1 atom stereocenters. The molecule has 0 aliphatic heterocycles. The Bertz CT molecular complexity index is 627. The van der Waals surface area contributed by atoms with Crippen molar-refractivity contribution in [2.45, 2.75) is 25.2 Å². The second kappa shape index (κ2) is 4.88. The van der Waals surface area contributed by atoms with Crippen LogP contribution in [0.1, 0.15) is 39.8 Å². The molecular formula is C15H13FN2O. The lowest BCUT2D eigenvalue weighted by molar-refractivity contribution is 0.111. The van der Waals surface area contributed by atoms with Gasteiger partial charge in [0, 0.05) is 11.9 Å². The largest absolute Gasteiger partial charge is 0.294 e. The van der Waals surface area contributed by atoms with Gasteiger partial charge in [0.1, 0.15) is 5.82 Å². The number of nitrogens with zero attached hydrogens (tertiary/aromatic N) is 2. The van der Waals surface area contributed by atoms with Gasteiger partial charge in [0.25, 0.3) is 0 Å². The summed E-state index contributed by atoms with van der Waals surface area (Å²) in [5, 5.41) is 0. The number of aryl methyl sites for hydroxylation is 1. The van der Waals surface area contributed by atoms with Crippen LogP contribution < -0.4 is 0 Å². The molecule has 0 fully saturated rings. The third-order valence-electron chi connectivity index (χ3n) is 3.62. The molecule has 1 aromatic heterocycles. The van der Waals surface area contributed by atoms with Crippen molar-refractivity contribution in [3.05, 3.63) is 58.9 Å².